The van der Waals surface area contributed by atoms with Crippen LogP contribution in [-0.2, 0) is 11.3 Å². The quantitative estimate of drug-likeness (QED) is 0.479. The molecule has 1 aromatic carbocycles. The van der Waals surface area contributed by atoms with Crippen molar-refractivity contribution in [2.24, 2.45) is 17.7 Å². The van der Waals surface area contributed by atoms with Crippen molar-refractivity contribution < 1.29 is 9.53 Å². The number of nitrogens with one attached hydrogen (secondary N) is 1. The Morgan fingerprint density at radius 2 is 2.14 bits per heavy atom. The van der Waals surface area contributed by atoms with Gasteiger partial charge in [-0.2, -0.15) is 0 Å². The minimum atomic E-state index is -0.0536. The van der Waals surface area contributed by atoms with E-state index in [1.165, 1.54) is 5.56 Å². The zero-order valence-electron chi connectivity index (χ0n) is 13.5. The van der Waals surface area contributed by atoms with E-state index in [-0.39, 0.29) is 11.8 Å². The summed E-state index contributed by atoms with van der Waals surface area (Å²) in [5.74, 6) is 6.63. The van der Waals surface area contributed by atoms with E-state index in [2.05, 4.69) is 36.3 Å². The lowest BCUT2D eigenvalue weighted by molar-refractivity contribution is -0.126. The Labute approximate surface area is 132 Å². The van der Waals surface area contributed by atoms with Crippen LogP contribution in [0, 0.1) is 11.8 Å². The number of piperidine rings is 1. The molecule has 2 rings (SSSR count). The molecule has 1 fully saturated rings. The van der Waals surface area contributed by atoms with Crippen LogP contribution in [0.5, 0.6) is 5.75 Å². The number of hydrogen-bond donors (Lipinski definition) is 2. The third-order valence-corrected chi connectivity index (χ3v) is 3.93. The summed E-state index contributed by atoms with van der Waals surface area (Å²) in [5, 5.41) is 0. The first-order valence-electron chi connectivity index (χ1n) is 8.03. The smallest absolute Gasteiger partial charge is 0.238 e. The van der Waals surface area contributed by atoms with Crippen molar-refractivity contribution in [3.8, 4) is 5.75 Å². The molecule has 1 saturated heterocycles. The molecule has 3 N–H and O–H groups in total. The highest BCUT2D eigenvalue weighted by atomic mass is 16.5. The van der Waals surface area contributed by atoms with Gasteiger partial charge in [-0.15, -0.1) is 0 Å². The Hall–Kier alpha value is -1.59. The van der Waals surface area contributed by atoms with Crippen molar-refractivity contribution in [1.29, 1.82) is 0 Å². The van der Waals surface area contributed by atoms with Crippen LogP contribution >= 0.6 is 0 Å². The van der Waals surface area contributed by atoms with Gasteiger partial charge in [-0.3, -0.25) is 15.1 Å². The molecular weight excluding hydrogens is 278 g/mol. The summed E-state index contributed by atoms with van der Waals surface area (Å²) in [4.78, 5) is 14.0. The highest BCUT2D eigenvalue weighted by Gasteiger charge is 2.25. The predicted octanol–water partition coefficient (Wildman–Crippen LogP) is 1.92. The van der Waals surface area contributed by atoms with E-state index in [0.717, 1.165) is 44.8 Å². The number of benzene rings is 1. The number of carbonyl (C=O) groups excluding carboxylic acids is 1. The molecular formula is C17H27N3O2. The molecule has 1 atom stereocenters. The van der Waals surface area contributed by atoms with E-state index in [1.54, 1.807) is 0 Å². The van der Waals surface area contributed by atoms with Gasteiger partial charge in [0.15, 0.2) is 0 Å². The molecule has 1 aromatic rings. The van der Waals surface area contributed by atoms with E-state index in [9.17, 15) is 4.79 Å². The lowest BCUT2D eigenvalue weighted by Crippen LogP contribution is -2.44. The Kier molecular flexibility index (Phi) is 6.21. The second-order valence-electron chi connectivity index (χ2n) is 6.43. The van der Waals surface area contributed by atoms with Gasteiger partial charge in [0.2, 0.25) is 5.91 Å². The number of carbonyl (C=O) groups is 1. The van der Waals surface area contributed by atoms with Crippen LogP contribution in [0.15, 0.2) is 24.3 Å². The summed E-state index contributed by atoms with van der Waals surface area (Å²) in [6.45, 7) is 7.67. The Balaban J connectivity index is 1.86. The second kappa shape index (κ2) is 8.15. The Morgan fingerprint density at radius 1 is 1.41 bits per heavy atom. The highest BCUT2D eigenvalue weighted by Crippen LogP contribution is 2.20. The van der Waals surface area contributed by atoms with E-state index >= 15 is 0 Å². The molecule has 0 spiro atoms. The number of hydrogen-bond acceptors (Lipinski definition) is 4. The van der Waals surface area contributed by atoms with Crippen LogP contribution in [0.2, 0.25) is 0 Å². The van der Waals surface area contributed by atoms with Crippen molar-refractivity contribution >= 4 is 5.91 Å². The summed E-state index contributed by atoms with van der Waals surface area (Å²) in [6, 6.07) is 8.24. The average Bonchev–Trinajstić information content (AvgIpc) is 2.53. The molecule has 0 radical (unpaired) electrons. The fourth-order valence-electron chi connectivity index (χ4n) is 2.74. The first-order valence-corrected chi connectivity index (χ1v) is 8.03. The maximum Gasteiger partial charge on any atom is 0.238 e. The number of rotatable bonds is 6. The predicted molar refractivity (Wildman–Crippen MR) is 87.1 cm³/mol. The molecule has 5 heteroatoms. The summed E-state index contributed by atoms with van der Waals surface area (Å²) in [5.41, 5.74) is 3.51. The van der Waals surface area contributed by atoms with E-state index in [0.29, 0.717) is 5.92 Å². The highest BCUT2D eigenvalue weighted by molar-refractivity contribution is 5.78. The van der Waals surface area contributed by atoms with E-state index < -0.39 is 0 Å². The van der Waals surface area contributed by atoms with Gasteiger partial charge in [-0.1, -0.05) is 26.0 Å². The molecule has 0 bridgehead atoms. The van der Waals surface area contributed by atoms with Crippen LogP contribution in [0.25, 0.3) is 0 Å². The topological polar surface area (TPSA) is 67.6 Å². The molecule has 1 aliphatic heterocycles. The summed E-state index contributed by atoms with van der Waals surface area (Å²) in [7, 11) is 0. The number of nitrogens with two attached hydrogens (primary N) is 1. The summed E-state index contributed by atoms with van der Waals surface area (Å²) in [6.07, 6.45) is 1.95. The summed E-state index contributed by atoms with van der Waals surface area (Å²) < 4.78 is 5.70. The molecule has 0 aromatic heterocycles. The fourth-order valence-corrected chi connectivity index (χ4v) is 2.74. The molecule has 22 heavy (non-hydrogen) atoms. The average molecular weight is 305 g/mol. The lowest BCUT2D eigenvalue weighted by atomic mass is 9.97. The molecule has 0 saturated carbocycles. The van der Waals surface area contributed by atoms with Gasteiger partial charge >= 0.3 is 0 Å². The van der Waals surface area contributed by atoms with Gasteiger partial charge in [0.05, 0.1) is 12.5 Å². The first kappa shape index (κ1) is 16.8. The molecule has 5 nitrogen and oxygen atoms in total. The zero-order valence-corrected chi connectivity index (χ0v) is 13.5. The van der Waals surface area contributed by atoms with Crippen LogP contribution < -0.4 is 16.0 Å². The summed E-state index contributed by atoms with van der Waals surface area (Å²) >= 11 is 0. The lowest BCUT2D eigenvalue weighted by Gasteiger charge is -2.31. The Morgan fingerprint density at radius 3 is 2.77 bits per heavy atom. The van der Waals surface area contributed by atoms with Gasteiger partial charge in [-0.25, -0.2) is 5.84 Å². The third kappa shape index (κ3) is 5.00. The van der Waals surface area contributed by atoms with Crippen molar-refractivity contribution in [2.75, 3.05) is 19.7 Å². The number of likely N-dealkylation sites (tertiary alicyclic amines) is 1. The maximum atomic E-state index is 11.7. The number of nitrogens with zero attached hydrogens (tertiary/aromatic N) is 1. The first-order chi connectivity index (χ1) is 10.6. The molecule has 1 unspecified atom stereocenters. The molecule has 1 heterocycles. The molecule has 0 aliphatic carbocycles. The Bertz CT molecular complexity index is 473. The molecule has 1 aliphatic rings. The van der Waals surface area contributed by atoms with Crippen LogP contribution in [-0.4, -0.2) is 30.5 Å². The normalized spacial score (nSPS) is 19.2. The number of amides is 1. The van der Waals surface area contributed by atoms with Crippen molar-refractivity contribution in [3.63, 3.8) is 0 Å². The minimum Gasteiger partial charge on any atom is -0.493 e. The van der Waals surface area contributed by atoms with Crippen LogP contribution in [0.1, 0.15) is 32.3 Å². The van der Waals surface area contributed by atoms with Gasteiger partial charge in [0.1, 0.15) is 5.75 Å². The van der Waals surface area contributed by atoms with Crippen LogP contribution in [0.3, 0.4) is 0 Å². The van der Waals surface area contributed by atoms with Gasteiger partial charge < -0.3 is 4.74 Å². The maximum absolute atomic E-state index is 11.7. The SMILES string of the molecule is CC(C)COc1ccc(CN2CCCC(C(=O)NN)C2)cc1. The van der Waals surface area contributed by atoms with Crippen molar-refractivity contribution in [1.82, 2.24) is 10.3 Å². The molecule has 122 valence electrons. The molecule has 1 amide bonds. The van der Waals surface area contributed by atoms with E-state index in [4.69, 9.17) is 10.6 Å². The van der Waals surface area contributed by atoms with E-state index in [1.807, 2.05) is 12.1 Å². The monoisotopic (exact) mass is 305 g/mol. The number of hydrazine groups is 1. The standard InChI is InChI=1S/C17H27N3O2/c1-13(2)12-22-16-7-5-14(6-8-16)10-20-9-3-4-15(11-20)17(21)19-18/h5-8,13,15H,3-4,9-12,18H2,1-2H3,(H,19,21). The number of ether oxygens (including phenoxy) is 1. The third-order valence-electron chi connectivity index (χ3n) is 3.93. The fraction of sp³-hybridized carbons (Fsp3) is 0.588. The van der Waals surface area contributed by atoms with Gasteiger partial charge in [0, 0.05) is 13.1 Å². The van der Waals surface area contributed by atoms with Crippen LogP contribution in [0.4, 0.5) is 0 Å². The largest absolute Gasteiger partial charge is 0.493 e. The van der Waals surface area contributed by atoms with Gasteiger partial charge in [0.25, 0.3) is 0 Å². The minimum absolute atomic E-state index is 0.00685. The van der Waals surface area contributed by atoms with Crippen molar-refractivity contribution in [2.45, 2.75) is 33.2 Å². The second-order valence-corrected chi connectivity index (χ2v) is 6.43. The zero-order chi connectivity index (χ0) is 15.9. The van der Waals surface area contributed by atoms with Crippen molar-refractivity contribution in [3.05, 3.63) is 29.8 Å². The van der Waals surface area contributed by atoms with Gasteiger partial charge in [-0.05, 0) is 43.0 Å².